The van der Waals surface area contributed by atoms with E-state index in [1.807, 2.05) is 30.3 Å². The van der Waals surface area contributed by atoms with Crippen molar-refractivity contribution in [3.63, 3.8) is 0 Å². The first kappa shape index (κ1) is 27.7. The molecule has 0 bridgehead atoms. The van der Waals surface area contributed by atoms with E-state index in [9.17, 15) is 0 Å². The predicted octanol–water partition coefficient (Wildman–Crippen LogP) is 8.19. The summed E-state index contributed by atoms with van der Waals surface area (Å²) in [5.41, 5.74) is 0. The van der Waals surface area contributed by atoms with Gasteiger partial charge in [0.2, 0.25) is 0 Å². The Balaban J connectivity index is 0. The van der Waals surface area contributed by atoms with Crippen molar-refractivity contribution in [1.29, 1.82) is 0 Å². The average Bonchev–Trinajstić information content (AvgIpc) is 2.64. The minimum atomic E-state index is 0. The molecule has 0 radical (unpaired) electrons. The fourth-order valence-corrected chi connectivity index (χ4v) is 2.89. The zero-order chi connectivity index (χ0) is 17.6. The Morgan fingerprint density at radius 2 is 0.920 bits per heavy atom. The van der Waals surface area contributed by atoms with Crippen molar-refractivity contribution in [3.8, 4) is 0 Å². The molecule has 1 aromatic carbocycles. The van der Waals surface area contributed by atoms with E-state index in [2.05, 4.69) is 19.9 Å². The topological polar surface area (TPSA) is 0 Å². The third kappa shape index (κ3) is 26.8. The minimum absolute atomic E-state index is 0. The standard InChI is InChI=1S/C18H37.C6H5.Ca/c1-3-5-7-9-11-13-15-17-18-16-14-12-10-8-6-4-2;1-2-4-6-5-3-1;/h1,3-18H2,2H3;1-5H;/q2*-1;+2. The third-order valence-electron chi connectivity index (χ3n) is 4.46. The summed E-state index contributed by atoms with van der Waals surface area (Å²) in [6.45, 7) is 6.18. The van der Waals surface area contributed by atoms with E-state index in [0.29, 0.717) is 0 Å². The first-order chi connectivity index (χ1) is 11.9. The molecule has 0 saturated heterocycles. The summed E-state index contributed by atoms with van der Waals surface area (Å²) in [5, 5.41) is 0. The van der Waals surface area contributed by atoms with E-state index < -0.39 is 0 Å². The molecule has 0 aliphatic carbocycles. The molecule has 0 aromatic heterocycles. The van der Waals surface area contributed by atoms with Crippen molar-refractivity contribution < 1.29 is 0 Å². The molecule has 0 aliphatic rings. The molecule has 1 aromatic rings. The van der Waals surface area contributed by atoms with Crippen molar-refractivity contribution in [3.05, 3.63) is 43.3 Å². The molecule has 1 heteroatoms. The maximum absolute atomic E-state index is 3.88. The van der Waals surface area contributed by atoms with Crippen LogP contribution in [0.1, 0.15) is 110 Å². The van der Waals surface area contributed by atoms with Crippen LogP contribution < -0.4 is 0 Å². The van der Waals surface area contributed by atoms with E-state index in [4.69, 9.17) is 0 Å². The fourth-order valence-electron chi connectivity index (χ4n) is 2.89. The fraction of sp³-hybridized carbons (Fsp3) is 0.708. The van der Waals surface area contributed by atoms with Crippen LogP contribution in [-0.4, -0.2) is 37.7 Å². The molecular weight excluding hydrogens is 328 g/mol. The van der Waals surface area contributed by atoms with Gasteiger partial charge >= 0.3 is 37.7 Å². The van der Waals surface area contributed by atoms with Gasteiger partial charge in [0, 0.05) is 0 Å². The summed E-state index contributed by atoms with van der Waals surface area (Å²) < 4.78 is 0. The second-order valence-corrected chi connectivity index (χ2v) is 6.88. The van der Waals surface area contributed by atoms with E-state index >= 15 is 0 Å². The van der Waals surface area contributed by atoms with Crippen molar-refractivity contribution in [2.75, 3.05) is 0 Å². The smallest absolute Gasteiger partial charge is 0.343 e. The summed E-state index contributed by atoms with van der Waals surface area (Å²) in [6.07, 6.45) is 22.8. The largest absolute Gasteiger partial charge is 2.00 e. The summed E-state index contributed by atoms with van der Waals surface area (Å²) in [4.78, 5) is 0. The zero-order valence-electron chi connectivity index (χ0n) is 17.1. The quantitative estimate of drug-likeness (QED) is 0.166. The number of hydrogen-bond donors (Lipinski definition) is 0. The molecule has 0 spiro atoms. The van der Waals surface area contributed by atoms with Crippen LogP contribution in [0.3, 0.4) is 0 Å². The molecule has 0 aliphatic heterocycles. The van der Waals surface area contributed by atoms with Crippen LogP contribution in [0.4, 0.5) is 0 Å². The molecule has 0 N–H and O–H groups in total. The SMILES string of the molecule is [CH2-]CCCCCCCCCCCCCCCCC.[Ca+2].[c-]1ccccc1. The van der Waals surface area contributed by atoms with Crippen LogP contribution in [0, 0.1) is 13.0 Å². The maximum Gasteiger partial charge on any atom is 2.00 e. The summed E-state index contributed by atoms with van der Waals surface area (Å²) in [5.74, 6) is 0. The van der Waals surface area contributed by atoms with Gasteiger partial charge in [0.05, 0.1) is 0 Å². The summed E-state index contributed by atoms with van der Waals surface area (Å²) in [7, 11) is 0. The summed E-state index contributed by atoms with van der Waals surface area (Å²) in [6, 6.07) is 12.5. The molecule has 0 saturated carbocycles. The van der Waals surface area contributed by atoms with Crippen molar-refractivity contribution in [2.24, 2.45) is 0 Å². The van der Waals surface area contributed by atoms with Gasteiger partial charge in [0.25, 0.3) is 0 Å². The van der Waals surface area contributed by atoms with Crippen LogP contribution in [0.5, 0.6) is 0 Å². The second kappa shape index (κ2) is 26.7. The van der Waals surface area contributed by atoms with Crippen molar-refractivity contribution in [2.45, 2.75) is 110 Å². The monoisotopic (exact) mass is 370 g/mol. The number of unbranched alkanes of at least 4 members (excludes halogenated alkanes) is 15. The Morgan fingerprint density at radius 1 is 0.560 bits per heavy atom. The van der Waals surface area contributed by atoms with Gasteiger partial charge in [-0.2, -0.15) is 42.8 Å². The third-order valence-corrected chi connectivity index (χ3v) is 4.46. The Kier molecular flexibility index (Phi) is 29.6. The van der Waals surface area contributed by atoms with Crippen LogP contribution in [-0.2, 0) is 0 Å². The van der Waals surface area contributed by atoms with Gasteiger partial charge in [-0.1, -0.05) is 103 Å². The molecule has 0 amide bonds. The Labute approximate surface area is 189 Å². The van der Waals surface area contributed by atoms with E-state index in [1.165, 1.54) is 96.3 Å². The van der Waals surface area contributed by atoms with Gasteiger partial charge in [-0.3, -0.25) is 0 Å². The van der Waals surface area contributed by atoms with Crippen molar-refractivity contribution in [1.82, 2.24) is 0 Å². The minimum Gasteiger partial charge on any atom is -0.343 e. The molecule has 0 unspecified atom stereocenters. The molecular formula is C24H42Ca. The predicted molar refractivity (Wildman–Crippen MR) is 116 cm³/mol. The molecule has 1 rings (SSSR count). The molecule has 0 heterocycles. The van der Waals surface area contributed by atoms with Gasteiger partial charge in [-0.15, -0.1) is 0 Å². The first-order valence-corrected chi connectivity index (χ1v) is 10.6. The molecule has 140 valence electrons. The zero-order valence-corrected chi connectivity index (χ0v) is 19.3. The van der Waals surface area contributed by atoms with Crippen LogP contribution in [0.2, 0.25) is 0 Å². The van der Waals surface area contributed by atoms with E-state index in [0.717, 1.165) is 6.42 Å². The Morgan fingerprint density at radius 3 is 1.16 bits per heavy atom. The second-order valence-electron chi connectivity index (χ2n) is 6.88. The molecule has 0 atom stereocenters. The van der Waals surface area contributed by atoms with Gasteiger partial charge in [0.1, 0.15) is 0 Å². The Hall–Kier alpha value is 0.480. The van der Waals surface area contributed by atoms with Crippen LogP contribution in [0.25, 0.3) is 0 Å². The van der Waals surface area contributed by atoms with Crippen molar-refractivity contribution >= 4 is 37.7 Å². The molecule has 25 heavy (non-hydrogen) atoms. The number of benzene rings is 1. The molecule has 0 fully saturated rings. The van der Waals surface area contributed by atoms with Crippen LogP contribution >= 0.6 is 0 Å². The first-order valence-electron chi connectivity index (χ1n) is 10.6. The summed E-state index contributed by atoms with van der Waals surface area (Å²) >= 11 is 0. The van der Waals surface area contributed by atoms with E-state index in [1.54, 1.807) is 0 Å². The van der Waals surface area contributed by atoms with Gasteiger partial charge in [0.15, 0.2) is 0 Å². The van der Waals surface area contributed by atoms with Gasteiger partial charge in [-0.25, -0.2) is 0 Å². The number of hydrogen-bond acceptors (Lipinski definition) is 0. The maximum atomic E-state index is 3.88. The van der Waals surface area contributed by atoms with Crippen LogP contribution in [0.15, 0.2) is 30.3 Å². The van der Waals surface area contributed by atoms with Gasteiger partial charge in [-0.05, 0) is 0 Å². The number of rotatable bonds is 15. The average molecular weight is 371 g/mol. The van der Waals surface area contributed by atoms with E-state index in [-0.39, 0.29) is 37.7 Å². The molecule has 0 nitrogen and oxygen atoms in total. The van der Waals surface area contributed by atoms with Gasteiger partial charge < -0.3 is 6.92 Å². The normalized spacial score (nSPS) is 9.84. The Bertz CT molecular complexity index is 254.